The van der Waals surface area contributed by atoms with Crippen LogP contribution in [-0.2, 0) is 0 Å². The lowest BCUT2D eigenvalue weighted by Gasteiger charge is -2.37. The van der Waals surface area contributed by atoms with Gasteiger partial charge in [-0.15, -0.1) is 0 Å². The molecule has 1 aliphatic heterocycles. The topological polar surface area (TPSA) is 32.8 Å². The number of hydrogen-bond donors (Lipinski definition) is 0. The predicted octanol–water partition coefficient (Wildman–Crippen LogP) is 1.90. The van der Waals surface area contributed by atoms with Crippen molar-refractivity contribution in [2.24, 2.45) is 0 Å². The Hall–Kier alpha value is -1.39. The van der Waals surface area contributed by atoms with E-state index in [-0.39, 0.29) is 5.78 Å². The summed E-state index contributed by atoms with van der Waals surface area (Å²) in [6, 6.07) is 8.01. The fraction of sp³-hybridized carbons (Fsp3) is 0.562. The third-order valence-electron chi connectivity index (χ3n) is 3.90. The van der Waals surface area contributed by atoms with Crippen molar-refractivity contribution in [2.75, 3.05) is 39.8 Å². The molecule has 1 atom stereocenters. The molecule has 0 radical (unpaired) electrons. The zero-order valence-corrected chi connectivity index (χ0v) is 12.6. The molecule has 1 saturated heterocycles. The fourth-order valence-electron chi connectivity index (χ4n) is 2.53. The van der Waals surface area contributed by atoms with E-state index in [0.717, 1.165) is 19.6 Å². The number of ether oxygens (including phenoxy) is 1. The summed E-state index contributed by atoms with van der Waals surface area (Å²) in [4.78, 5) is 17.0. The zero-order valence-electron chi connectivity index (χ0n) is 12.6. The first-order valence-electron chi connectivity index (χ1n) is 7.29. The van der Waals surface area contributed by atoms with Crippen molar-refractivity contribution >= 4 is 5.78 Å². The second kappa shape index (κ2) is 6.86. The third-order valence-corrected chi connectivity index (χ3v) is 3.90. The van der Waals surface area contributed by atoms with E-state index in [4.69, 9.17) is 4.74 Å². The Morgan fingerprint density at radius 3 is 2.80 bits per heavy atom. The van der Waals surface area contributed by atoms with Gasteiger partial charge >= 0.3 is 0 Å². The minimum atomic E-state index is 0.144. The van der Waals surface area contributed by atoms with Gasteiger partial charge in [0, 0.05) is 25.7 Å². The fourth-order valence-corrected chi connectivity index (χ4v) is 2.53. The number of Topliss-reactive ketones (excluding diaryl/α,β-unsaturated/α-hetero) is 1. The van der Waals surface area contributed by atoms with Crippen LogP contribution in [0.4, 0.5) is 0 Å². The molecular formula is C16H24N2O2. The molecule has 1 fully saturated rings. The lowest BCUT2D eigenvalue weighted by Crippen LogP contribution is -2.51. The van der Waals surface area contributed by atoms with Crippen LogP contribution in [0.5, 0.6) is 5.75 Å². The maximum Gasteiger partial charge on any atom is 0.180 e. The Balaban J connectivity index is 2.01. The Morgan fingerprint density at radius 1 is 1.35 bits per heavy atom. The van der Waals surface area contributed by atoms with Crippen LogP contribution in [0, 0.1) is 0 Å². The predicted molar refractivity (Wildman–Crippen MR) is 80.5 cm³/mol. The molecule has 1 unspecified atom stereocenters. The Morgan fingerprint density at radius 2 is 2.10 bits per heavy atom. The largest absolute Gasteiger partial charge is 0.493 e. The van der Waals surface area contributed by atoms with Gasteiger partial charge in [0.1, 0.15) is 5.75 Å². The number of benzene rings is 1. The van der Waals surface area contributed by atoms with Gasteiger partial charge in [-0.1, -0.05) is 12.1 Å². The Labute approximate surface area is 121 Å². The van der Waals surface area contributed by atoms with E-state index in [2.05, 4.69) is 23.8 Å². The average Bonchev–Trinajstić information content (AvgIpc) is 2.44. The van der Waals surface area contributed by atoms with Crippen molar-refractivity contribution in [2.45, 2.75) is 19.9 Å². The van der Waals surface area contributed by atoms with Crippen molar-refractivity contribution in [3.05, 3.63) is 29.8 Å². The number of piperazine rings is 1. The van der Waals surface area contributed by atoms with Crippen molar-refractivity contribution in [3.8, 4) is 5.75 Å². The van der Waals surface area contributed by atoms with E-state index in [0.29, 0.717) is 30.5 Å². The summed E-state index contributed by atoms with van der Waals surface area (Å²) in [5, 5.41) is 0. The van der Waals surface area contributed by atoms with Crippen LogP contribution < -0.4 is 4.74 Å². The number of para-hydroxylation sites is 1. The zero-order chi connectivity index (χ0) is 14.5. The van der Waals surface area contributed by atoms with E-state index in [1.165, 1.54) is 0 Å². The number of hydrogen-bond acceptors (Lipinski definition) is 4. The van der Waals surface area contributed by atoms with E-state index in [1.54, 1.807) is 0 Å². The van der Waals surface area contributed by atoms with Gasteiger partial charge < -0.3 is 9.64 Å². The second-order valence-electron chi connectivity index (χ2n) is 5.42. The molecule has 0 saturated carbocycles. The average molecular weight is 276 g/mol. The molecule has 1 aromatic rings. The van der Waals surface area contributed by atoms with Gasteiger partial charge in [-0.2, -0.15) is 0 Å². The lowest BCUT2D eigenvalue weighted by molar-refractivity contribution is 0.0783. The molecule has 0 aliphatic carbocycles. The van der Waals surface area contributed by atoms with Crippen LogP contribution in [0.15, 0.2) is 24.3 Å². The quantitative estimate of drug-likeness (QED) is 0.769. The first kappa shape index (κ1) is 15.0. The SMILES string of the molecule is CCOc1ccccc1C(=O)CN1CCN(C)C(C)C1. The molecule has 0 N–H and O–H groups in total. The highest BCUT2D eigenvalue weighted by Crippen LogP contribution is 2.19. The maximum absolute atomic E-state index is 12.5. The maximum atomic E-state index is 12.5. The van der Waals surface area contributed by atoms with E-state index in [1.807, 2.05) is 31.2 Å². The lowest BCUT2D eigenvalue weighted by atomic mass is 10.1. The number of nitrogens with zero attached hydrogens (tertiary/aromatic N) is 2. The van der Waals surface area contributed by atoms with E-state index < -0.39 is 0 Å². The van der Waals surface area contributed by atoms with Crippen molar-refractivity contribution in [1.29, 1.82) is 0 Å². The molecule has 2 rings (SSSR count). The minimum absolute atomic E-state index is 0.144. The van der Waals surface area contributed by atoms with Crippen LogP contribution in [0.1, 0.15) is 24.2 Å². The first-order chi connectivity index (χ1) is 9.61. The summed E-state index contributed by atoms with van der Waals surface area (Å²) < 4.78 is 5.54. The van der Waals surface area contributed by atoms with Crippen LogP contribution in [0.2, 0.25) is 0 Å². The summed E-state index contributed by atoms with van der Waals surface area (Å²) >= 11 is 0. The molecular weight excluding hydrogens is 252 g/mol. The number of carbonyl (C=O) groups excluding carboxylic acids is 1. The summed E-state index contributed by atoms with van der Waals surface area (Å²) in [6.07, 6.45) is 0. The van der Waals surface area contributed by atoms with Gasteiger partial charge in [0.15, 0.2) is 5.78 Å². The van der Waals surface area contributed by atoms with Gasteiger partial charge in [0.25, 0.3) is 0 Å². The smallest absolute Gasteiger partial charge is 0.180 e. The molecule has 0 aromatic heterocycles. The van der Waals surface area contributed by atoms with Gasteiger partial charge in [0.05, 0.1) is 18.7 Å². The standard InChI is InChI=1S/C16H24N2O2/c1-4-20-16-8-6-5-7-14(16)15(19)12-18-10-9-17(3)13(2)11-18/h5-8,13H,4,9-12H2,1-3H3. The van der Waals surface area contributed by atoms with Gasteiger partial charge in [-0.3, -0.25) is 9.69 Å². The summed E-state index contributed by atoms with van der Waals surface area (Å²) in [6.45, 7) is 8.09. The van der Waals surface area contributed by atoms with E-state index in [9.17, 15) is 4.79 Å². The van der Waals surface area contributed by atoms with Crippen molar-refractivity contribution in [3.63, 3.8) is 0 Å². The molecule has 1 heterocycles. The molecule has 4 heteroatoms. The monoisotopic (exact) mass is 276 g/mol. The molecule has 4 nitrogen and oxygen atoms in total. The van der Waals surface area contributed by atoms with Crippen molar-refractivity contribution in [1.82, 2.24) is 9.80 Å². The highest BCUT2D eigenvalue weighted by Gasteiger charge is 2.23. The van der Waals surface area contributed by atoms with Crippen LogP contribution in [-0.4, -0.2) is 61.5 Å². The summed E-state index contributed by atoms with van der Waals surface area (Å²) in [7, 11) is 2.13. The number of ketones is 1. The van der Waals surface area contributed by atoms with Gasteiger partial charge in [-0.05, 0) is 33.0 Å². The van der Waals surface area contributed by atoms with Gasteiger partial charge in [-0.25, -0.2) is 0 Å². The molecule has 1 aliphatic rings. The van der Waals surface area contributed by atoms with Gasteiger partial charge in [0.2, 0.25) is 0 Å². The molecule has 0 spiro atoms. The highest BCUT2D eigenvalue weighted by atomic mass is 16.5. The molecule has 1 aromatic carbocycles. The van der Waals surface area contributed by atoms with E-state index >= 15 is 0 Å². The highest BCUT2D eigenvalue weighted by molar-refractivity contribution is 6.00. The van der Waals surface area contributed by atoms with Crippen LogP contribution in [0.25, 0.3) is 0 Å². The molecule has 110 valence electrons. The molecule has 0 amide bonds. The number of rotatable bonds is 5. The summed E-state index contributed by atoms with van der Waals surface area (Å²) in [5.74, 6) is 0.841. The Bertz CT molecular complexity index is 462. The van der Waals surface area contributed by atoms with Crippen molar-refractivity contribution < 1.29 is 9.53 Å². The summed E-state index contributed by atoms with van der Waals surface area (Å²) in [5.41, 5.74) is 0.695. The molecule has 0 bridgehead atoms. The third kappa shape index (κ3) is 3.58. The van der Waals surface area contributed by atoms with Crippen LogP contribution in [0.3, 0.4) is 0 Å². The number of likely N-dealkylation sites (N-methyl/N-ethyl adjacent to an activating group) is 1. The minimum Gasteiger partial charge on any atom is -0.493 e. The Kier molecular flexibility index (Phi) is 5.15. The second-order valence-corrected chi connectivity index (χ2v) is 5.42. The normalized spacial score (nSPS) is 20.9. The molecule has 20 heavy (non-hydrogen) atoms. The first-order valence-corrected chi connectivity index (χ1v) is 7.29. The number of carbonyl (C=O) groups is 1. The van der Waals surface area contributed by atoms with Crippen LogP contribution >= 0.6 is 0 Å².